The Balaban J connectivity index is 2.02. The van der Waals surface area contributed by atoms with E-state index in [0.717, 1.165) is 18.7 Å². The summed E-state index contributed by atoms with van der Waals surface area (Å²) in [5.41, 5.74) is 0.973. The topological polar surface area (TPSA) is 46.9 Å². The first-order chi connectivity index (χ1) is 8.97. The molecule has 0 bridgehead atoms. The van der Waals surface area contributed by atoms with E-state index in [9.17, 15) is 10.2 Å². The summed E-state index contributed by atoms with van der Waals surface area (Å²) in [6.45, 7) is 4.24. The molecule has 1 fully saturated rings. The molecule has 1 heterocycles. The van der Waals surface area contributed by atoms with E-state index < -0.39 is 0 Å². The second-order valence-corrected chi connectivity index (χ2v) is 5.69. The van der Waals surface area contributed by atoms with Gasteiger partial charge in [0.2, 0.25) is 0 Å². The second kappa shape index (κ2) is 5.80. The van der Waals surface area contributed by atoms with Crippen LogP contribution >= 0.6 is 0 Å². The molecular formula is C15H24N2O2. The number of nitrogens with zero attached hydrogens (tertiary/aromatic N) is 2. The lowest BCUT2D eigenvalue weighted by Gasteiger charge is -2.38. The minimum atomic E-state index is 0.130. The van der Waals surface area contributed by atoms with E-state index in [2.05, 4.69) is 30.8 Å². The number of hydrogen-bond acceptors (Lipinski definition) is 4. The van der Waals surface area contributed by atoms with Gasteiger partial charge in [-0.3, -0.25) is 4.90 Å². The summed E-state index contributed by atoms with van der Waals surface area (Å²) in [4.78, 5) is 4.70. The lowest BCUT2D eigenvalue weighted by Crippen LogP contribution is -2.42. The zero-order chi connectivity index (χ0) is 14.0. The SMILES string of the molecule is CC(c1cc(O)cc(O)c1)N1CCC(N(C)C)CC1. The molecule has 2 N–H and O–H groups in total. The van der Waals surface area contributed by atoms with E-state index in [-0.39, 0.29) is 17.5 Å². The van der Waals surface area contributed by atoms with Crippen LogP contribution in [0.3, 0.4) is 0 Å². The fraction of sp³-hybridized carbons (Fsp3) is 0.600. The van der Waals surface area contributed by atoms with Crippen LogP contribution in [0.1, 0.15) is 31.4 Å². The first-order valence-electron chi connectivity index (χ1n) is 6.91. The maximum absolute atomic E-state index is 9.57. The molecule has 19 heavy (non-hydrogen) atoms. The first-order valence-corrected chi connectivity index (χ1v) is 6.91. The van der Waals surface area contributed by atoms with Gasteiger partial charge < -0.3 is 15.1 Å². The van der Waals surface area contributed by atoms with E-state index >= 15 is 0 Å². The van der Waals surface area contributed by atoms with Crippen molar-refractivity contribution in [3.05, 3.63) is 23.8 Å². The highest BCUT2D eigenvalue weighted by Gasteiger charge is 2.24. The highest BCUT2D eigenvalue weighted by Crippen LogP contribution is 2.30. The van der Waals surface area contributed by atoms with Gasteiger partial charge >= 0.3 is 0 Å². The number of phenols is 2. The maximum Gasteiger partial charge on any atom is 0.119 e. The van der Waals surface area contributed by atoms with E-state index in [1.807, 2.05) is 0 Å². The summed E-state index contributed by atoms with van der Waals surface area (Å²) >= 11 is 0. The molecule has 0 saturated carbocycles. The monoisotopic (exact) mass is 264 g/mol. The molecule has 1 aromatic carbocycles. The van der Waals surface area contributed by atoms with Crippen molar-refractivity contribution in [1.82, 2.24) is 9.80 Å². The summed E-state index contributed by atoms with van der Waals surface area (Å²) in [5, 5.41) is 19.1. The number of piperidine rings is 1. The van der Waals surface area contributed by atoms with Crippen LogP contribution < -0.4 is 0 Å². The van der Waals surface area contributed by atoms with Gasteiger partial charge in [0.15, 0.2) is 0 Å². The molecule has 1 saturated heterocycles. The van der Waals surface area contributed by atoms with Crippen LogP contribution in [0.4, 0.5) is 0 Å². The Morgan fingerprint density at radius 2 is 1.63 bits per heavy atom. The molecule has 0 spiro atoms. The van der Waals surface area contributed by atoms with Crippen molar-refractivity contribution in [2.24, 2.45) is 0 Å². The van der Waals surface area contributed by atoms with Gasteiger partial charge in [-0.15, -0.1) is 0 Å². The first kappa shape index (κ1) is 14.2. The molecule has 1 unspecified atom stereocenters. The normalized spacial score (nSPS) is 19.8. The summed E-state index contributed by atoms with van der Waals surface area (Å²) in [6, 6.07) is 5.74. The highest BCUT2D eigenvalue weighted by atomic mass is 16.3. The van der Waals surface area contributed by atoms with Crippen molar-refractivity contribution in [2.75, 3.05) is 27.2 Å². The molecule has 4 nitrogen and oxygen atoms in total. The molecule has 0 aliphatic carbocycles. The van der Waals surface area contributed by atoms with Gasteiger partial charge in [0.1, 0.15) is 11.5 Å². The van der Waals surface area contributed by atoms with Crippen molar-refractivity contribution in [3.63, 3.8) is 0 Å². The van der Waals surface area contributed by atoms with Crippen LogP contribution in [-0.4, -0.2) is 53.2 Å². The second-order valence-electron chi connectivity index (χ2n) is 5.69. The third kappa shape index (κ3) is 3.39. The lowest BCUT2D eigenvalue weighted by atomic mass is 9.99. The van der Waals surface area contributed by atoms with E-state index in [1.54, 1.807) is 12.1 Å². The van der Waals surface area contributed by atoms with Gasteiger partial charge in [0.25, 0.3) is 0 Å². The average molecular weight is 264 g/mol. The van der Waals surface area contributed by atoms with Gasteiger partial charge in [-0.05, 0) is 51.6 Å². The third-order valence-corrected chi connectivity index (χ3v) is 4.18. The van der Waals surface area contributed by atoms with Gasteiger partial charge in [0.05, 0.1) is 0 Å². The lowest BCUT2D eigenvalue weighted by molar-refractivity contribution is 0.114. The molecular weight excluding hydrogens is 240 g/mol. The molecule has 0 amide bonds. The molecule has 1 aliphatic heterocycles. The van der Waals surface area contributed by atoms with Crippen molar-refractivity contribution in [1.29, 1.82) is 0 Å². The van der Waals surface area contributed by atoms with Crippen LogP contribution in [0.15, 0.2) is 18.2 Å². The van der Waals surface area contributed by atoms with Crippen LogP contribution in [-0.2, 0) is 0 Å². The minimum absolute atomic E-state index is 0.130. The smallest absolute Gasteiger partial charge is 0.119 e. The summed E-state index contributed by atoms with van der Waals surface area (Å²) in [7, 11) is 4.27. The van der Waals surface area contributed by atoms with Crippen molar-refractivity contribution in [3.8, 4) is 11.5 Å². The van der Waals surface area contributed by atoms with Crippen molar-refractivity contribution < 1.29 is 10.2 Å². The Bertz CT molecular complexity index is 406. The Kier molecular flexibility index (Phi) is 4.32. The molecule has 1 atom stereocenters. The number of benzene rings is 1. The fourth-order valence-electron chi connectivity index (χ4n) is 2.86. The third-order valence-electron chi connectivity index (χ3n) is 4.18. The molecule has 0 aromatic heterocycles. The molecule has 4 heteroatoms. The quantitative estimate of drug-likeness (QED) is 0.878. The van der Waals surface area contributed by atoms with Crippen molar-refractivity contribution >= 4 is 0 Å². The Morgan fingerprint density at radius 1 is 1.11 bits per heavy atom. The number of phenolic OH excluding ortho intramolecular Hbond substituents is 2. The molecule has 106 valence electrons. The average Bonchev–Trinajstić information content (AvgIpc) is 2.37. The summed E-state index contributed by atoms with van der Waals surface area (Å²) in [6.07, 6.45) is 2.34. The van der Waals surface area contributed by atoms with Crippen LogP contribution in [0.5, 0.6) is 11.5 Å². The zero-order valence-electron chi connectivity index (χ0n) is 12.0. The van der Waals surface area contributed by atoms with E-state index in [0.29, 0.717) is 6.04 Å². The van der Waals surface area contributed by atoms with Crippen LogP contribution in [0.2, 0.25) is 0 Å². The number of aromatic hydroxyl groups is 2. The Hall–Kier alpha value is -1.26. The Morgan fingerprint density at radius 3 is 2.11 bits per heavy atom. The predicted octanol–water partition coefficient (Wildman–Crippen LogP) is 2.18. The molecule has 2 rings (SSSR count). The predicted molar refractivity (Wildman–Crippen MR) is 76.5 cm³/mol. The molecule has 0 radical (unpaired) electrons. The van der Waals surface area contributed by atoms with Crippen LogP contribution in [0.25, 0.3) is 0 Å². The van der Waals surface area contributed by atoms with E-state index in [4.69, 9.17) is 0 Å². The van der Waals surface area contributed by atoms with Gasteiger partial charge in [0, 0.05) is 31.2 Å². The number of hydrogen-bond donors (Lipinski definition) is 2. The van der Waals surface area contributed by atoms with Gasteiger partial charge in [-0.2, -0.15) is 0 Å². The minimum Gasteiger partial charge on any atom is -0.508 e. The number of likely N-dealkylation sites (tertiary alicyclic amines) is 1. The zero-order valence-corrected chi connectivity index (χ0v) is 12.0. The number of rotatable bonds is 3. The molecule has 1 aromatic rings. The standard InChI is InChI=1S/C15H24N2O2/c1-11(12-8-14(18)10-15(19)9-12)17-6-4-13(5-7-17)16(2)3/h8-11,13,18-19H,4-7H2,1-3H3. The van der Waals surface area contributed by atoms with Gasteiger partial charge in [-0.25, -0.2) is 0 Å². The fourth-order valence-corrected chi connectivity index (χ4v) is 2.86. The molecule has 1 aliphatic rings. The Labute approximate surface area is 115 Å². The summed E-state index contributed by atoms with van der Waals surface area (Å²) in [5.74, 6) is 0.259. The van der Waals surface area contributed by atoms with Crippen molar-refractivity contribution in [2.45, 2.75) is 31.8 Å². The van der Waals surface area contributed by atoms with Crippen LogP contribution in [0, 0.1) is 0 Å². The largest absolute Gasteiger partial charge is 0.508 e. The summed E-state index contributed by atoms with van der Waals surface area (Å²) < 4.78 is 0. The van der Waals surface area contributed by atoms with E-state index in [1.165, 1.54) is 18.9 Å². The van der Waals surface area contributed by atoms with Gasteiger partial charge in [-0.1, -0.05) is 0 Å². The maximum atomic E-state index is 9.57. The highest BCUT2D eigenvalue weighted by molar-refractivity contribution is 5.38.